The van der Waals surface area contributed by atoms with Gasteiger partial charge in [0.15, 0.2) is 5.65 Å². The third-order valence-electron chi connectivity index (χ3n) is 3.08. The number of rotatable bonds is 2. The van der Waals surface area contributed by atoms with E-state index >= 15 is 0 Å². The lowest BCUT2D eigenvalue weighted by Gasteiger charge is -2.11. The fraction of sp³-hybridized carbons (Fsp3) is 0.143. The maximum absolute atomic E-state index is 12.3. The number of aryl methyl sites for hydroxylation is 1. The van der Waals surface area contributed by atoms with Gasteiger partial charge < -0.3 is 10.4 Å². The van der Waals surface area contributed by atoms with Gasteiger partial charge in [-0.2, -0.15) is 4.98 Å². The van der Waals surface area contributed by atoms with Crippen molar-refractivity contribution in [2.24, 2.45) is 0 Å². The monoisotopic (exact) mass is 283 g/mol. The Kier molecular flexibility index (Phi) is 3.02. The summed E-state index contributed by atoms with van der Waals surface area (Å²) in [6, 6.07) is 5.14. The van der Waals surface area contributed by atoms with E-state index in [2.05, 4.69) is 20.3 Å². The van der Waals surface area contributed by atoms with E-state index in [-0.39, 0.29) is 5.75 Å². The summed E-state index contributed by atoms with van der Waals surface area (Å²) in [5, 5.41) is 13.2. The molecule has 3 rings (SSSR count). The molecule has 0 spiro atoms. The normalized spacial score (nSPS) is 10.8. The molecule has 3 heterocycles. The van der Waals surface area contributed by atoms with Gasteiger partial charge in [-0.05, 0) is 19.1 Å². The van der Waals surface area contributed by atoms with Crippen molar-refractivity contribution in [2.45, 2.75) is 6.92 Å². The van der Waals surface area contributed by atoms with Gasteiger partial charge in [-0.15, -0.1) is 0 Å². The van der Waals surface area contributed by atoms with Crippen LogP contribution in [0.15, 0.2) is 35.4 Å². The van der Waals surface area contributed by atoms with Gasteiger partial charge in [-0.25, -0.2) is 14.3 Å². The van der Waals surface area contributed by atoms with Crippen LogP contribution in [0.25, 0.3) is 16.7 Å². The zero-order valence-electron chi connectivity index (χ0n) is 11.5. The first-order valence-corrected chi connectivity index (χ1v) is 6.32. The topological polar surface area (TPSA) is 92.9 Å². The Labute approximate surface area is 119 Å². The van der Waals surface area contributed by atoms with Crippen LogP contribution in [-0.4, -0.2) is 31.7 Å². The summed E-state index contributed by atoms with van der Waals surface area (Å²) < 4.78 is 1.33. The summed E-state index contributed by atoms with van der Waals surface area (Å²) in [6.45, 7) is 1.84. The lowest BCUT2D eigenvalue weighted by Crippen LogP contribution is -2.24. The van der Waals surface area contributed by atoms with Gasteiger partial charge >= 0.3 is 5.69 Å². The van der Waals surface area contributed by atoms with Crippen LogP contribution in [0.1, 0.15) is 5.69 Å². The molecule has 3 aromatic rings. The molecule has 0 unspecified atom stereocenters. The molecule has 2 N–H and O–H groups in total. The minimum Gasteiger partial charge on any atom is -0.506 e. The predicted octanol–water partition coefficient (Wildman–Crippen LogP) is 1.23. The number of nitrogens with zero attached hydrogens (tertiary/aromatic N) is 4. The second-order valence-corrected chi connectivity index (χ2v) is 4.55. The van der Waals surface area contributed by atoms with Gasteiger partial charge in [0.05, 0.1) is 23.5 Å². The zero-order chi connectivity index (χ0) is 15.0. The number of hydrogen-bond donors (Lipinski definition) is 2. The van der Waals surface area contributed by atoms with Gasteiger partial charge in [0.2, 0.25) is 0 Å². The van der Waals surface area contributed by atoms with Gasteiger partial charge in [-0.3, -0.25) is 4.98 Å². The Morgan fingerprint density at radius 1 is 1.24 bits per heavy atom. The second kappa shape index (κ2) is 4.86. The lowest BCUT2D eigenvalue weighted by atomic mass is 10.2. The molecule has 0 fully saturated rings. The van der Waals surface area contributed by atoms with E-state index in [4.69, 9.17) is 0 Å². The van der Waals surface area contributed by atoms with Crippen LogP contribution in [0.3, 0.4) is 0 Å². The van der Waals surface area contributed by atoms with Crippen molar-refractivity contribution in [2.75, 3.05) is 12.4 Å². The number of pyridine rings is 2. The lowest BCUT2D eigenvalue weighted by molar-refractivity contribution is 0.472. The Bertz CT molecular complexity index is 888. The van der Waals surface area contributed by atoms with Gasteiger partial charge in [0.1, 0.15) is 11.6 Å². The zero-order valence-corrected chi connectivity index (χ0v) is 11.5. The molecule has 7 nitrogen and oxygen atoms in total. The smallest absolute Gasteiger partial charge is 0.355 e. The van der Waals surface area contributed by atoms with Crippen molar-refractivity contribution in [3.8, 4) is 11.4 Å². The summed E-state index contributed by atoms with van der Waals surface area (Å²) in [5.41, 5.74) is 1.17. The van der Waals surface area contributed by atoms with Crippen LogP contribution in [0, 0.1) is 6.92 Å². The Balaban J connectivity index is 2.45. The van der Waals surface area contributed by atoms with E-state index in [0.717, 1.165) is 5.69 Å². The number of nitrogens with one attached hydrogen (secondary N) is 1. The van der Waals surface area contributed by atoms with Crippen LogP contribution < -0.4 is 11.0 Å². The van der Waals surface area contributed by atoms with E-state index < -0.39 is 5.69 Å². The number of fused-ring (bicyclic) bond motifs is 1. The Morgan fingerprint density at radius 2 is 2.05 bits per heavy atom. The average Bonchev–Trinajstić information content (AvgIpc) is 2.46. The summed E-state index contributed by atoms with van der Waals surface area (Å²) in [7, 11) is 1.70. The van der Waals surface area contributed by atoms with Crippen LogP contribution >= 0.6 is 0 Å². The molecule has 3 aromatic heterocycles. The van der Waals surface area contributed by atoms with Crippen molar-refractivity contribution < 1.29 is 5.11 Å². The number of aromatic nitrogens is 4. The molecule has 0 aliphatic rings. The second-order valence-electron chi connectivity index (χ2n) is 4.55. The molecule has 7 heteroatoms. The molecule has 0 radical (unpaired) electrons. The molecule has 0 aromatic carbocycles. The number of hydrogen-bond acceptors (Lipinski definition) is 6. The highest BCUT2D eigenvalue weighted by atomic mass is 16.3. The first-order valence-electron chi connectivity index (χ1n) is 6.32. The Morgan fingerprint density at radius 3 is 2.76 bits per heavy atom. The van der Waals surface area contributed by atoms with E-state index in [1.807, 2.05) is 19.1 Å². The van der Waals surface area contributed by atoms with Gasteiger partial charge in [-0.1, -0.05) is 0 Å². The van der Waals surface area contributed by atoms with E-state index in [9.17, 15) is 9.90 Å². The molecule has 0 amide bonds. The first kappa shape index (κ1) is 13.0. The summed E-state index contributed by atoms with van der Waals surface area (Å²) in [6.07, 6.45) is 2.77. The minimum absolute atomic E-state index is 0.0297. The van der Waals surface area contributed by atoms with Crippen LogP contribution in [0.4, 0.5) is 5.82 Å². The van der Waals surface area contributed by atoms with E-state index in [1.54, 1.807) is 7.05 Å². The predicted molar refractivity (Wildman–Crippen MR) is 78.9 cm³/mol. The molecule has 21 heavy (non-hydrogen) atoms. The van der Waals surface area contributed by atoms with Gasteiger partial charge in [0, 0.05) is 18.8 Å². The van der Waals surface area contributed by atoms with Gasteiger partial charge in [0.25, 0.3) is 0 Å². The highest BCUT2D eigenvalue weighted by Gasteiger charge is 2.13. The molecular weight excluding hydrogens is 270 g/mol. The minimum atomic E-state index is -0.489. The average molecular weight is 283 g/mol. The number of aromatic hydroxyl groups is 1. The quantitative estimate of drug-likeness (QED) is 0.735. The molecule has 0 saturated carbocycles. The van der Waals surface area contributed by atoms with E-state index in [0.29, 0.717) is 22.5 Å². The molecule has 0 aliphatic carbocycles. The van der Waals surface area contributed by atoms with Crippen LogP contribution in [-0.2, 0) is 0 Å². The van der Waals surface area contributed by atoms with Crippen molar-refractivity contribution in [1.29, 1.82) is 0 Å². The molecule has 0 bridgehead atoms. The van der Waals surface area contributed by atoms with Crippen molar-refractivity contribution in [1.82, 2.24) is 19.5 Å². The van der Waals surface area contributed by atoms with Crippen molar-refractivity contribution in [3.05, 3.63) is 46.8 Å². The maximum Gasteiger partial charge on any atom is 0.355 e. The molecule has 0 saturated heterocycles. The number of anilines is 1. The third kappa shape index (κ3) is 2.18. The maximum atomic E-state index is 12.3. The Hall–Kier alpha value is -2.96. The van der Waals surface area contributed by atoms with Crippen molar-refractivity contribution >= 4 is 16.9 Å². The van der Waals surface area contributed by atoms with Crippen LogP contribution in [0.5, 0.6) is 5.75 Å². The van der Waals surface area contributed by atoms with Crippen molar-refractivity contribution in [3.63, 3.8) is 0 Å². The third-order valence-corrected chi connectivity index (χ3v) is 3.08. The summed E-state index contributed by atoms with van der Waals surface area (Å²) in [5.74, 6) is 0.435. The van der Waals surface area contributed by atoms with Crippen LogP contribution in [0.2, 0.25) is 0 Å². The highest BCUT2D eigenvalue weighted by Crippen LogP contribution is 2.21. The highest BCUT2D eigenvalue weighted by molar-refractivity contribution is 5.87. The SMILES string of the molecule is CNc1nc(=O)n(-c2cncc(O)c2)c2nc(C)ccc12. The molecular formula is C14H13N5O2. The fourth-order valence-corrected chi connectivity index (χ4v) is 2.16. The van der Waals surface area contributed by atoms with E-state index in [1.165, 1.54) is 23.0 Å². The summed E-state index contributed by atoms with van der Waals surface area (Å²) >= 11 is 0. The molecule has 0 atom stereocenters. The summed E-state index contributed by atoms with van der Waals surface area (Å²) in [4.78, 5) is 24.6. The largest absolute Gasteiger partial charge is 0.506 e. The standard InChI is InChI=1S/C14H13N5O2/c1-8-3-4-11-12(15-2)18-14(21)19(13(11)17-8)9-5-10(20)7-16-6-9/h3-7,20H,1-2H3,(H,15,18,21). The first-order chi connectivity index (χ1) is 10.1. The fourth-order valence-electron chi connectivity index (χ4n) is 2.16. The molecule has 0 aliphatic heterocycles. The molecule has 106 valence electrons.